The van der Waals surface area contributed by atoms with Crippen molar-refractivity contribution in [3.05, 3.63) is 150 Å². The maximum atomic E-state index is 2.77. The molecule has 0 saturated heterocycles. The Morgan fingerprint density at radius 3 is 2.44 bits per heavy atom. The Labute approximate surface area is 271 Å². The molecule has 0 radical (unpaired) electrons. The molecule has 45 heavy (non-hydrogen) atoms. The second-order valence-electron chi connectivity index (χ2n) is 14.1. The molecule has 0 aromatic heterocycles. The van der Waals surface area contributed by atoms with E-state index >= 15 is 0 Å². The first kappa shape index (κ1) is 28.7. The summed E-state index contributed by atoms with van der Waals surface area (Å²) < 4.78 is 0. The predicted molar refractivity (Wildman–Crippen MR) is 189 cm³/mol. The van der Waals surface area contributed by atoms with Crippen LogP contribution in [0.15, 0.2) is 144 Å². The highest BCUT2D eigenvalue weighted by Crippen LogP contribution is 2.46. The lowest BCUT2D eigenvalue weighted by Gasteiger charge is -2.45. The van der Waals surface area contributed by atoms with Gasteiger partial charge in [-0.05, 0) is 98.1 Å². The Balaban J connectivity index is 0.986. The van der Waals surface area contributed by atoms with Crippen LogP contribution in [0.4, 0.5) is 0 Å². The van der Waals surface area contributed by atoms with Crippen molar-refractivity contribution in [2.45, 2.75) is 88.9 Å². The van der Waals surface area contributed by atoms with E-state index in [4.69, 9.17) is 0 Å². The number of rotatable bonds is 6. The zero-order valence-corrected chi connectivity index (χ0v) is 26.8. The molecule has 2 heteroatoms. The minimum Gasteiger partial charge on any atom is -0.358 e. The lowest BCUT2D eigenvalue weighted by Crippen LogP contribution is -2.46. The first-order valence-electron chi connectivity index (χ1n) is 17.7. The topological polar surface area (TPSA) is 6.48 Å². The number of fused-ring (bicyclic) bond motifs is 2. The monoisotopic (exact) mass is 592 g/mol. The summed E-state index contributed by atoms with van der Waals surface area (Å²) in [7, 11) is 0. The molecule has 8 rings (SSSR count). The molecule has 0 saturated carbocycles. The molecule has 1 aromatic rings. The second kappa shape index (κ2) is 12.5. The van der Waals surface area contributed by atoms with Gasteiger partial charge in [0.25, 0.3) is 0 Å². The van der Waals surface area contributed by atoms with Crippen molar-refractivity contribution in [2.75, 3.05) is 0 Å². The van der Waals surface area contributed by atoms with Gasteiger partial charge in [0.1, 0.15) is 0 Å². The third-order valence-electron chi connectivity index (χ3n) is 11.4. The van der Waals surface area contributed by atoms with Gasteiger partial charge < -0.3 is 9.80 Å². The standard InChI is InChI=1S/C43H48N2/c1-31-30-35(34-22-27-38(28-23-34)45-42-18-10-8-16-39(42)40-17-9-11-19-43(40)45)24-29-41(31)44(36-14-6-3-7-15-36)37-25-20-33(21-26-37)32-12-4-2-5-13-32/h2,4-6,10-15,18-25,27,29,31,35,37-39,41-42H,3,7-9,16-17,26,28,30H2,1H3/t31?,35?,37?,38?,39-,41?,42?/m1/s1. The van der Waals surface area contributed by atoms with Crippen LogP contribution in [0, 0.1) is 17.8 Å². The smallest absolute Gasteiger partial charge is 0.0545 e. The van der Waals surface area contributed by atoms with Crippen LogP contribution in [0.5, 0.6) is 0 Å². The summed E-state index contributed by atoms with van der Waals surface area (Å²) in [6.45, 7) is 2.48. The summed E-state index contributed by atoms with van der Waals surface area (Å²) in [5.41, 5.74) is 8.85. The molecule has 0 N–H and O–H groups in total. The first-order chi connectivity index (χ1) is 22.2. The molecular formula is C43H48N2. The average Bonchev–Trinajstić information content (AvgIpc) is 3.45. The minimum atomic E-state index is 0.376. The zero-order valence-electron chi connectivity index (χ0n) is 26.8. The lowest BCUT2D eigenvalue weighted by molar-refractivity contribution is 0.182. The van der Waals surface area contributed by atoms with Crippen molar-refractivity contribution in [1.82, 2.24) is 9.80 Å². The van der Waals surface area contributed by atoms with Crippen LogP contribution in [-0.4, -0.2) is 34.0 Å². The van der Waals surface area contributed by atoms with E-state index in [9.17, 15) is 0 Å². The molecule has 0 amide bonds. The molecule has 1 heterocycles. The van der Waals surface area contributed by atoms with Crippen LogP contribution in [-0.2, 0) is 0 Å². The van der Waals surface area contributed by atoms with Gasteiger partial charge in [-0.2, -0.15) is 0 Å². The van der Waals surface area contributed by atoms with E-state index in [1.165, 1.54) is 60.2 Å². The Kier molecular flexibility index (Phi) is 8.00. The van der Waals surface area contributed by atoms with Crippen molar-refractivity contribution in [1.29, 1.82) is 0 Å². The van der Waals surface area contributed by atoms with Crippen LogP contribution in [0.1, 0.15) is 70.3 Å². The van der Waals surface area contributed by atoms with Crippen molar-refractivity contribution in [3.63, 3.8) is 0 Å². The van der Waals surface area contributed by atoms with Crippen LogP contribution >= 0.6 is 0 Å². The van der Waals surface area contributed by atoms with Gasteiger partial charge in [-0.3, -0.25) is 0 Å². The van der Waals surface area contributed by atoms with E-state index in [0.717, 1.165) is 31.6 Å². The fraction of sp³-hybridized carbons (Fsp3) is 0.395. The summed E-state index contributed by atoms with van der Waals surface area (Å²) in [4.78, 5) is 5.50. The highest BCUT2D eigenvalue weighted by molar-refractivity contribution is 5.75. The summed E-state index contributed by atoms with van der Waals surface area (Å²) in [6.07, 6.45) is 47.6. The number of hydrogen-bond donors (Lipinski definition) is 0. The van der Waals surface area contributed by atoms with Gasteiger partial charge in [0.05, 0.1) is 24.2 Å². The van der Waals surface area contributed by atoms with Gasteiger partial charge in [0.2, 0.25) is 0 Å². The molecule has 7 aliphatic rings. The van der Waals surface area contributed by atoms with E-state index in [0.29, 0.717) is 36.0 Å². The Bertz CT molecular complexity index is 1590. The van der Waals surface area contributed by atoms with Crippen molar-refractivity contribution in [3.8, 4) is 0 Å². The van der Waals surface area contributed by atoms with Crippen molar-refractivity contribution < 1.29 is 0 Å². The molecule has 2 nitrogen and oxygen atoms in total. The number of benzene rings is 1. The fourth-order valence-corrected chi connectivity index (χ4v) is 9.15. The largest absolute Gasteiger partial charge is 0.358 e. The number of nitrogens with zero attached hydrogens (tertiary/aromatic N) is 2. The number of allylic oxidation sites excluding steroid dienone is 11. The summed E-state index contributed by atoms with van der Waals surface area (Å²) in [5.74, 6) is 1.80. The van der Waals surface area contributed by atoms with E-state index in [-0.39, 0.29) is 0 Å². The quantitative estimate of drug-likeness (QED) is 0.303. The Morgan fingerprint density at radius 1 is 0.756 bits per heavy atom. The molecule has 0 fully saturated rings. The van der Waals surface area contributed by atoms with E-state index in [2.05, 4.69) is 138 Å². The lowest BCUT2D eigenvalue weighted by atomic mass is 9.77. The van der Waals surface area contributed by atoms with Gasteiger partial charge in [-0.15, -0.1) is 0 Å². The molecule has 230 valence electrons. The van der Waals surface area contributed by atoms with E-state index in [1.54, 1.807) is 5.57 Å². The molecule has 6 unspecified atom stereocenters. The minimum absolute atomic E-state index is 0.376. The van der Waals surface area contributed by atoms with Gasteiger partial charge in [-0.25, -0.2) is 0 Å². The summed E-state index contributed by atoms with van der Waals surface area (Å²) in [6, 6.07) is 12.6. The zero-order chi connectivity index (χ0) is 30.2. The Hall–Kier alpha value is -3.78. The SMILES string of the molecule is CC1CC(C2=CCC(N3C4=C(CCC=C4)[C@H]4CCC=CC43)C=C2)C=CC1N(C1=CCCC=C1)C1C=CC(c2ccccc2)=CC1. The van der Waals surface area contributed by atoms with E-state index in [1.807, 2.05) is 0 Å². The summed E-state index contributed by atoms with van der Waals surface area (Å²) >= 11 is 0. The average molecular weight is 593 g/mol. The third-order valence-corrected chi connectivity index (χ3v) is 11.4. The van der Waals surface area contributed by atoms with Crippen LogP contribution in [0.2, 0.25) is 0 Å². The molecule has 6 aliphatic carbocycles. The molecule has 7 atom stereocenters. The van der Waals surface area contributed by atoms with Crippen LogP contribution in [0.25, 0.3) is 5.57 Å². The second-order valence-corrected chi connectivity index (χ2v) is 14.1. The van der Waals surface area contributed by atoms with Gasteiger partial charge in [0.15, 0.2) is 0 Å². The Morgan fingerprint density at radius 2 is 1.67 bits per heavy atom. The first-order valence-corrected chi connectivity index (χ1v) is 17.7. The molecule has 0 bridgehead atoms. The molecule has 1 aliphatic heterocycles. The van der Waals surface area contributed by atoms with Gasteiger partial charge in [0, 0.05) is 23.2 Å². The number of hydrogen-bond acceptors (Lipinski definition) is 2. The molecule has 0 spiro atoms. The van der Waals surface area contributed by atoms with Crippen molar-refractivity contribution in [2.24, 2.45) is 17.8 Å². The maximum absolute atomic E-state index is 2.77. The molecular weight excluding hydrogens is 544 g/mol. The predicted octanol–water partition coefficient (Wildman–Crippen LogP) is 10.0. The highest BCUT2D eigenvalue weighted by atomic mass is 15.2. The summed E-state index contributed by atoms with van der Waals surface area (Å²) in [5, 5.41) is 0. The highest BCUT2D eigenvalue weighted by Gasteiger charge is 2.42. The van der Waals surface area contributed by atoms with Gasteiger partial charge in [-0.1, -0.05) is 116 Å². The fourth-order valence-electron chi connectivity index (χ4n) is 9.15. The molecule has 1 aromatic carbocycles. The normalized spacial score (nSPS) is 33.5. The van der Waals surface area contributed by atoms with Crippen LogP contribution < -0.4 is 0 Å². The maximum Gasteiger partial charge on any atom is 0.0545 e. The van der Waals surface area contributed by atoms with Crippen LogP contribution in [0.3, 0.4) is 0 Å². The van der Waals surface area contributed by atoms with E-state index < -0.39 is 0 Å². The van der Waals surface area contributed by atoms with Gasteiger partial charge >= 0.3 is 0 Å². The third kappa shape index (κ3) is 5.51. The van der Waals surface area contributed by atoms with Crippen molar-refractivity contribution >= 4 is 5.57 Å².